The molecule has 0 aliphatic carbocycles. The van der Waals surface area contributed by atoms with Crippen LogP contribution in [-0.2, 0) is 6.54 Å². The maximum Gasteiger partial charge on any atom is 0.101 e. The summed E-state index contributed by atoms with van der Waals surface area (Å²) in [4.78, 5) is 4.20. The molecular formula is C12H13N5. The van der Waals surface area contributed by atoms with Crippen LogP contribution >= 0.6 is 0 Å². The molecule has 5 nitrogen and oxygen atoms in total. The largest absolute Gasteiger partial charge is 0.396 e. The van der Waals surface area contributed by atoms with Gasteiger partial charge in [-0.1, -0.05) is 0 Å². The van der Waals surface area contributed by atoms with Crippen molar-refractivity contribution in [2.24, 2.45) is 0 Å². The van der Waals surface area contributed by atoms with Crippen LogP contribution < -0.4 is 5.73 Å². The molecule has 0 saturated heterocycles. The van der Waals surface area contributed by atoms with Crippen LogP contribution in [0.5, 0.6) is 0 Å². The van der Waals surface area contributed by atoms with E-state index in [9.17, 15) is 0 Å². The Kier molecular flexibility index (Phi) is 2.79. The van der Waals surface area contributed by atoms with Crippen LogP contribution in [0.25, 0.3) is 0 Å². The second-order valence-electron chi connectivity index (χ2n) is 3.85. The average Bonchev–Trinajstić information content (AvgIpc) is 2.58. The number of pyridine rings is 1. The molecule has 86 valence electrons. The Labute approximate surface area is 99.5 Å². The van der Waals surface area contributed by atoms with Gasteiger partial charge in [-0.3, -0.25) is 9.67 Å². The molecule has 0 atom stereocenters. The van der Waals surface area contributed by atoms with Crippen molar-refractivity contribution in [3.8, 4) is 6.07 Å². The van der Waals surface area contributed by atoms with E-state index in [1.54, 1.807) is 23.0 Å². The molecule has 0 spiro atoms. The summed E-state index contributed by atoms with van der Waals surface area (Å²) in [6.07, 6.45) is 1.67. The summed E-state index contributed by atoms with van der Waals surface area (Å²) < 4.78 is 1.77. The van der Waals surface area contributed by atoms with Gasteiger partial charge >= 0.3 is 0 Å². The summed E-state index contributed by atoms with van der Waals surface area (Å²) in [5.74, 6) is 0. The first-order valence-electron chi connectivity index (χ1n) is 5.27. The first-order chi connectivity index (χ1) is 8.13. The first-order valence-corrected chi connectivity index (χ1v) is 5.27. The van der Waals surface area contributed by atoms with Gasteiger partial charge in [-0.15, -0.1) is 0 Å². The van der Waals surface area contributed by atoms with Crippen molar-refractivity contribution in [2.45, 2.75) is 20.4 Å². The van der Waals surface area contributed by atoms with Gasteiger partial charge in [0.2, 0.25) is 0 Å². The van der Waals surface area contributed by atoms with Crippen LogP contribution in [0.3, 0.4) is 0 Å². The molecule has 2 heterocycles. The van der Waals surface area contributed by atoms with E-state index in [0.29, 0.717) is 23.5 Å². The van der Waals surface area contributed by atoms with Gasteiger partial charge in [0.15, 0.2) is 0 Å². The van der Waals surface area contributed by atoms with Crippen molar-refractivity contribution >= 4 is 5.69 Å². The smallest absolute Gasteiger partial charge is 0.101 e. The third kappa shape index (κ3) is 1.97. The minimum atomic E-state index is 0.466. The normalized spacial score (nSPS) is 10.2. The third-order valence-corrected chi connectivity index (χ3v) is 2.75. The summed E-state index contributed by atoms with van der Waals surface area (Å²) in [6, 6.07) is 5.62. The van der Waals surface area contributed by atoms with Gasteiger partial charge in [-0.2, -0.15) is 10.4 Å². The van der Waals surface area contributed by atoms with Gasteiger partial charge in [0, 0.05) is 6.20 Å². The number of aromatic nitrogens is 3. The number of anilines is 1. The standard InChI is InChI=1S/C12H13N5/c1-8-12(14)9(2)17(16-8)7-11-10(6-13)4-3-5-15-11/h3-5H,7,14H2,1-2H3. The lowest BCUT2D eigenvalue weighted by atomic mass is 10.2. The highest BCUT2D eigenvalue weighted by atomic mass is 15.3. The van der Waals surface area contributed by atoms with Crippen LogP contribution in [0, 0.1) is 25.2 Å². The van der Waals surface area contributed by atoms with Gasteiger partial charge in [0.25, 0.3) is 0 Å². The number of aryl methyl sites for hydroxylation is 1. The highest BCUT2D eigenvalue weighted by molar-refractivity contribution is 5.47. The molecule has 0 aromatic carbocycles. The fourth-order valence-corrected chi connectivity index (χ4v) is 1.67. The highest BCUT2D eigenvalue weighted by Gasteiger charge is 2.10. The summed E-state index contributed by atoms with van der Waals surface area (Å²) in [7, 11) is 0. The van der Waals surface area contributed by atoms with Crippen LogP contribution in [-0.4, -0.2) is 14.8 Å². The van der Waals surface area contributed by atoms with E-state index < -0.39 is 0 Å². The second-order valence-corrected chi connectivity index (χ2v) is 3.85. The lowest BCUT2D eigenvalue weighted by Gasteiger charge is -2.05. The molecule has 0 unspecified atom stereocenters. The number of hydrogen-bond donors (Lipinski definition) is 1. The molecular weight excluding hydrogens is 214 g/mol. The molecule has 0 saturated carbocycles. The number of nitrogen functional groups attached to an aromatic ring is 1. The van der Waals surface area contributed by atoms with Gasteiger partial charge in [-0.05, 0) is 26.0 Å². The lowest BCUT2D eigenvalue weighted by Crippen LogP contribution is -2.07. The summed E-state index contributed by atoms with van der Waals surface area (Å²) in [5.41, 5.74) is 9.53. The number of nitriles is 1. The Morgan fingerprint density at radius 3 is 2.82 bits per heavy atom. The minimum absolute atomic E-state index is 0.466. The predicted octanol–water partition coefficient (Wildman–Crippen LogP) is 1.40. The van der Waals surface area contributed by atoms with Crippen LogP contribution in [0.15, 0.2) is 18.3 Å². The van der Waals surface area contributed by atoms with E-state index in [1.165, 1.54) is 0 Å². The van der Waals surface area contributed by atoms with E-state index in [-0.39, 0.29) is 0 Å². The maximum absolute atomic E-state index is 8.98. The van der Waals surface area contributed by atoms with Crippen molar-refractivity contribution in [3.63, 3.8) is 0 Å². The van der Waals surface area contributed by atoms with Crippen molar-refractivity contribution in [3.05, 3.63) is 41.0 Å². The third-order valence-electron chi connectivity index (χ3n) is 2.75. The number of rotatable bonds is 2. The van der Waals surface area contributed by atoms with Gasteiger partial charge < -0.3 is 5.73 Å². The quantitative estimate of drug-likeness (QED) is 0.840. The van der Waals surface area contributed by atoms with Crippen molar-refractivity contribution < 1.29 is 0 Å². The average molecular weight is 227 g/mol. The molecule has 0 bridgehead atoms. The lowest BCUT2D eigenvalue weighted by molar-refractivity contribution is 0.646. The molecule has 0 aliphatic rings. The van der Waals surface area contributed by atoms with Crippen molar-refractivity contribution in [1.29, 1.82) is 5.26 Å². The fraction of sp³-hybridized carbons (Fsp3) is 0.250. The zero-order chi connectivity index (χ0) is 12.4. The molecule has 17 heavy (non-hydrogen) atoms. The van der Waals surface area contributed by atoms with Crippen LogP contribution in [0.1, 0.15) is 22.6 Å². The Hall–Kier alpha value is -2.35. The predicted molar refractivity (Wildman–Crippen MR) is 64.2 cm³/mol. The summed E-state index contributed by atoms with van der Waals surface area (Å²) >= 11 is 0. The van der Waals surface area contributed by atoms with Crippen molar-refractivity contribution in [1.82, 2.24) is 14.8 Å². The van der Waals surface area contributed by atoms with E-state index in [4.69, 9.17) is 11.0 Å². The van der Waals surface area contributed by atoms with Crippen LogP contribution in [0.4, 0.5) is 5.69 Å². The Morgan fingerprint density at radius 1 is 1.47 bits per heavy atom. The minimum Gasteiger partial charge on any atom is -0.396 e. The zero-order valence-electron chi connectivity index (χ0n) is 9.81. The summed E-state index contributed by atoms with van der Waals surface area (Å²) in [6.45, 7) is 4.24. The molecule has 2 N–H and O–H groups in total. The molecule has 2 aromatic rings. The highest BCUT2D eigenvalue weighted by Crippen LogP contribution is 2.16. The first kappa shape index (κ1) is 11.1. The molecule has 2 rings (SSSR count). The van der Waals surface area contributed by atoms with Gasteiger partial charge in [-0.25, -0.2) is 0 Å². The Bertz CT molecular complexity index is 591. The second kappa shape index (κ2) is 4.26. The monoisotopic (exact) mass is 227 g/mol. The number of nitrogens with zero attached hydrogens (tertiary/aromatic N) is 4. The van der Waals surface area contributed by atoms with Gasteiger partial charge in [0.05, 0.1) is 34.9 Å². The molecule has 5 heteroatoms. The molecule has 0 amide bonds. The van der Waals surface area contributed by atoms with E-state index in [2.05, 4.69) is 16.2 Å². The van der Waals surface area contributed by atoms with E-state index in [1.807, 2.05) is 13.8 Å². The van der Waals surface area contributed by atoms with Gasteiger partial charge in [0.1, 0.15) is 6.07 Å². The van der Waals surface area contributed by atoms with E-state index >= 15 is 0 Å². The van der Waals surface area contributed by atoms with Crippen molar-refractivity contribution in [2.75, 3.05) is 5.73 Å². The number of hydrogen-bond acceptors (Lipinski definition) is 4. The summed E-state index contributed by atoms with van der Waals surface area (Å²) in [5, 5.41) is 13.3. The topological polar surface area (TPSA) is 80.5 Å². The number of nitrogens with two attached hydrogens (primary N) is 1. The van der Waals surface area contributed by atoms with E-state index in [0.717, 1.165) is 11.4 Å². The fourth-order valence-electron chi connectivity index (χ4n) is 1.67. The molecule has 0 aliphatic heterocycles. The van der Waals surface area contributed by atoms with Crippen LogP contribution in [0.2, 0.25) is 0 Å². The molecule has 0 radical (unpaired) electrons. The SMILES string of the molecule is Cc1nn(Cc2ncccc2C#N)c(C)c1N. The zero-order valence-corrected chi connectivity index (χ0v) is 9.81. The Balaban J connectivity index is 2.39. The maximum atomic E-state index is 8.98. The Morgan fingerprint density at radius 2 is 2.24 bits per heavy atom. The molecule has 2 aromatic heterocycles. The molecule has 0 fully saturated rings.